The average molecular weight is 300 g/mol. The largest absolute Gasteiger partial charge is 0.494 e. The highest BCUT2D eigenvalue weighted by molar-refractivity contribution is 5.44. The third kappa shape index (κ3) is 4.17. The summed E-state index contributed by atoms with van der Waals surface area (Å²) in [6, 6.07) is 12.3. The third-order valence-electron chi connectivity index (χ3n) is 3.48. The smallest absolute Gasteiger partial charge is 0.231 e. The molecule has 0 saturated heterocycles. The number of ether oxygens (including phenoxy) is 3. The van der Waals surface area contributed by atoms with Gasteiger partial charge >= 0.3 is 0 Å². The molecular weight excluding hydrogens is 276 g/mol. The lowest BCUT2D eigenvalue weighted by molar-refractivity contribution is 0.174. The Morgan fingerprint density at radius 3 is 2.41 bits per heavy atom. The minimum atomic E-state index is 0.364. The molecular formula is C19H24O3. The standard InChI is InChI=1S/C10H14O.C9H10O2/c1-4-11-10-6-5-8(2)7-9(10)3;1-2-7-3-4-8-9(5-7)11-6-10-8/h5-7H,4H2,1-3H3;3-5H,2,6H2,1H3. The molecule has 118 valence electrons. The number of benzene rings is 2. The highest BCUT2D eigenvalue weighted by Crippen LogP contribution is 2.32. The van der Waals surface area contributed by atoms with Gasteiger partial charge in [-0.1, -0.05) is 30.7 Å². The zero-order chi connectivity index (χ0) is 15.9. The molecule has 22 heavy (non-hydrogen) atoms. The second-order valence-corrected chi connectivity index (χ2v) is 5.24. The van der Waals surface area contributed by atoms with Crippen LogP contribution in [0.1, 0.15) is 30.5 Å². The fourth-order valence-electron chi connectivity index (χ4n) is 2.28. The summed E-state index contributed by atoms with van der Waals surface area (Å²) in [4.78, 5) is 0. The quantitative estimate of drug-likeness (QED) is 0.823. The molecule has 0 aliphatic carbocycles. The predicted octanol–water partition coefficient (Wildman–Crippen LogP) is 4.68. The van der Waals surface area contributed by atoms with Crippen LogP contribution >= 0.6 is 0 Å². The number of fused-ring (bicyclic) bond motifs is 1. The lowest BCUT2D eigenvalue weighted by Crippen LogP contribution is -1.93. The maximum atomic E-state index is 5.39. The molecule has 0 atom stereocenters. The van der Waals surface area contributed by atoms with E-state index in [0.29, 0.717) is 6.79 Å². The Labute approximate surface area is 132 Å². The summed E-state index contributed by atoms with van der Waals surface area (Å²) in [6.45, 7) is 9.38. The normalized spacial score (nSPS) is 11.6. The van der Waals surface area contributed by atoms with Crippen molar-refractivity contribution in [1.29, 1.82) is 0 Å². The van der Waals surface area contributed by atoms with E-state index in [4.69, 9.17) is 14.2 Å². The molecule has 1 aliphatic rings. The summed E-state index contributed by atoms with van der Waals surface area (Å²) in [5.74, 6) is 2.74. The van der Waals surface area contributed by atoms with Crippen molar-refractivity contribution >= 4 is 0 Å². The van der Waals surface area contributed by atoms with Crippen LogP contribution in [0.2, 0.25) is 0 Å². The molecule has 1 aliphatic heterocycles. The molecule has 2 aromatic rings. The molecule has 0 aromatic heterocycles. The minimum absolute atomic E-state index is 0.364. The Morgan fingerprint density at radius 1 is 0.955 bits per heavy atom. The van der Waals surface area contributed by atoms with E-state index in [-0.39, 0.29) is 0 Å². The predicted molar refractivity (Wildman–Crippen MR) is 89.0 cm³/mol. The van der Waals surface area contributed by atoms with Crippen LogP contribution in [0.25, 0.3) is 0 Å². The van der Waals surface area contributed by atoms with E-state index in [0.717, 1.165) is 30.3 Å². The van der Waals surface area contributed by atoms with E-state index in [1.54, 1.807) is 0 Å². The van der Waals surface area contributed by atoms with Gasteiger partial charge < -0.3 is 14.2 Å². The van der Waals surface area contributed by atoms with Gasteiger partial charge in [0.2, 0.25) is 6.79 Å². The van der Waals surface area contributed by atoms with Crippen LogP contribution in [0, 0.1) is 13.8 Å². The fraction of sp³-hybridized carbons (Fsp3) is 0.368. The Morgan fingerprint density at radius 2 is 1.73 bits per heavy atom. The van der Waals surface area contributed by atoms with Crippen molar-refractivity contribution in [2.24, 2.45) is 0 Å². The Kier molecular flexibility index (Phi) is 5.70. The average Bonchev–Trinajstić information content (AvgIpc) is 2.98. The molecule has 0 radical (unpaired) electrons. The highest BCUT2D eigenvalue weighted by Gasteiger charge is 2.11. The lowest BCUT2D eigenvalue weighted by Gasteiger charge is -2.06. The number of aryl methyl sites for hydroxylation is 3. The van der Waals surface area contributed by atoms with Gasteiger partial charge in [-0.25, -0.2) is 0 Å². The van der Waals surface area contributed by atoms with Crippen molar-refractivity contribution in [3.05, 3.63) is 53.1 Å². The number of hydrogen-bond donors (Lipinski definition) is 0. The van der Waals surface area contributed by atoms with E-state index < -0.39 is 0 Å². The van der Waals surface area contributed by atoms with Gasteiger partial charge in [-0.05, 0) is 56.5 Å². The fourth-order valence-corrected chi connectivity index (χ4v) is 2.28. The summed E-state index contributed by atoms with van der Waals surface area (Å²) in [5.41, 5.74) is 3.78. The summed E-state index contributed by atoms with van der Waals surface area (Å²) >= 11 is 0. The van der Waals surface area contributed by atoms with Crippen LogP contribution in [-0.4, -0.2) is 13.4 Å². The van der Waals surface area contributed by atoms with Crippen LogP contribution < -0.4 is 14.2 Å². The van der Waals surface area contributed by atoms with Crippen LogP contribution in [-0.2, 0) is 6.42 Å². The van der Waals surface area contributed by atoms with E-state index in [2.05, 4.69) is 39.0 Å². The minimum Gasteiger partial charge on any atom is -0.494 e. The first-order chi connectivity index (χ1) is 10.6. The summed E-state index contributed by atoms with van der Waals surface area (Å²) in [7, 11) is 0. The van der Waals surface area contributed by atoms with Gasteiger partial charge in [-0.3, -0.25) is 0 Å². The van der Waals surface area contributed by atoms with Gasteiger partial charge in [-0.15, -0.1) is 0 Å². The first-order valence-electron chi connectivity index (χ1n) is 7.72. The van der Waals surface area contributed by atoms with Crippen molar-refractivity contribution in [1.82, 2.24) is 0 Å². The molecule has 0 spiro atoms. The van der Waals surface area contributed by atoms with Crippen molar-refractivity contribution < 1.29 is 14.2 Å². The Hall–Kier alpha value is -2.16. The Balaban J connectivity index is 0.000000160. The molecule has 3 heteroatoms. The highest BCUT2D eigenvalue weighted by atomic mass is 16.7. The van der Waals surface area contributed by atoms with Crippen molar-refractivity contribution in [3.63, 3.8) is 0 Å². The van der Waals surface area contributed by atoms with Crippen molar-refractivity contribution in [2.75, 3.05) is 13.4 Å². The number of hydrogen-bond acceptors (Lipinski definition) is 3. The summed E-state index contributed by atoms with van der Waals surface area (Å²) in [5, 5.41) is 0. The molecule has 0 amide bonds. The summed E-state index contributed by atoms with van der Waals surface area (Å²) in [6.07, 6.45) is 1.04. The lowest BCUT2D eigenvalue weighted by atomic mass is 10.1. The molecule has 0 N–H and O–H groups in total. The molecule has 0 unspecified atom stereocenters. The zero-order valence-electron chi connectivity index (χ0n) is 13.8. The van der Waals surface area contributed by atoms with E-state index >= 15 is 0 Å². The van der Waals surface area contributed by atoms with Gasteiger partial charge in [0.1, 0.15) is 5.75 Å². The van der Waals surface area contributed by atoms with E-state index in [1.807, 2.05) is 25.1 Å². The van der Waals surface area contributed by atoms with Gasteiger partial charge in [0, 0.05) is 0 Å². The third-order valence-corrected chi connectivity index (χ3v) is 3.48. The molecule has 0 bridgehead atoms. The van der Waals surface area contributed by atoms with Crippen LogP contribution in [0.4, 0.5) is 0 Å². The monoisotopic (exact) mass is 300 g/mol. The first-order valence-corrected chi connectivity index (χ1v) is 7.72. The van der Waals surface area contributed by atoms with Gasteiger partial charge in [0.15, 0.2) is 11.5 Å². The maximum Gasteiger partial charge on any atom is 0.231 e. The SMILES string of the molecule is CCOc1ccc(C)cc1C.CCc1ccc2c(c1)OCO2. The molecule has 1 heterocycles. The van der Waals surface area contributed by atoms with Crippen LogP contribution in [0.5, 0.6) is 17.2 Å². The number of rotatable bonds is 3. The van der Waals surface area contributed by atoms with Gasteiger partial charge in [-0.2, -0.15) is 0 Å². The first kappa shape index (κ1) is 16.2. The van der Waals surface area contributed by atoms with Gasteiger partial charge in [0.05, 0.1) is 6.61 Å². The van der Waals surface area contributed by atoms with Crippen LogP contribution in [0.15, 0.2) is 36.4 Å². The van der Waals surface area contributed by atoms with E-state index in [1.165, 1.54) is 16.7 Å². The molecule has 3 rings (SSSR count). The molecule has 0 fully saturated rings. The maximum absolute atomic E-state index is 5.39. The molecule has 3 nitrogen and oxygen atoms in total. The second-order valence-electron chi connectivity index (χ2n) is 5.24. The molecule has 0 saturated carbocycles. The van der Waals surface area contributed by atoms with E-state index in [9.17, 15) is 0 Å². The second kappa shape index (κ2) is 7.74. The van der Waals surface area contributed by atoms with Crippen molar-refractivity contribution in [2.45, 2.75) is 34.1 Å². The molecule has 2 aromatic carbocycles. The zero-order valence-corrected chi connectivity index (χ0v) is 13.8. The van der Waals surface area contributed by atoms with Gasteiger partial charge in [0.25, 0.3) is 0 Å². The van der Waals surface area contributed by atoms with Crippen molar-refractivity contribution in [3.8, 4) is 17.2 Å². The summed E-state index contributed by atoms with van der Waals surface area (Å²) < 4.78 is 15.8. The topological polar surface area (TPSA) is 27.7 Å². The van der Waals surface area contributed by atoms with Crippen LogP contribution in [0.3, 0.4) is 0 Å². The Bertz CT molecular complexity index is 620.